The summed E-state index contributed by atoms with van der Waals surface area (Å²) in [5.74, 6) is 0. The molecule has 5 heteroatoms. The Kier molecular flexibility index (Phi) is 3.47. The second-order valence-corrected chi connectivity index (χ2v) is 6.73. The van der Waals surface area contributed by atoms with Gasteiger partial charge in [0.1, 0.15) is 5.66 Å². The minimum absolute atomic E-state index is 0.156. The number of hydrogen-bond donors (Lipinski definition) is 0. The third kappa shape index (κ3) is 2.43. The zero-order valence-electron chi connectivity index (χ0n) is 12.8. The molecule has 2 aliphatic heterocycles. The minimum Gasteiger partial charge on any atom is -0.473 e. The van der Waals surface area contributed by atoms with Gasteiger partial charge in [0.15, 0.2) is 0 Å². The molecule has 2 saturated heterocycles. The average Bonchev–Trinajstić information content (AvgIpc) is 2.94. The van der Waals surface area contributed by atoms with Crippen molar-refractivity contribution in [1.82, 2.24) is 0 Å². The molecule has 0 aliphatic carbocycles. The molecule has 2 fully saturated rings. The zero-order chi connectivity index (χ0) is 14.4. The van der Waals surface area contributed by atoms with E-state index < -0.39 is 7.12 Å². The van der Waals surface area contributed by atoms with E-state index in [-0.39, 0.29) is 17.3 Å². The maximum absolute atomic E-state index is 5.99. The van der Waals surface area contributed by atoms with Gasteiger partial charge in [0.2, 0.25) is 0 Å². The normalized spacial score (nSPS) is 28.8. The molecule has 0 amide bonds. The Hall–Kier alpha value is -0.775. The van der Waals surface area contributed by atoms with Crippen molar-refractivity contribution in [2.75, 3.05) is 6.61 Å². The van der Waals surface area contributed by atoms with Crippen LogP contribution in [0.4, 0.5) is 0 Å². The van der Waals surface area contributed by atoms with Gasteiger partial charge in [-0.3, -0.25) is 0 Å². The maximum Gasteiger partial charge on any atom is 0.532 e. The molecule has 1 aromatic heterocycles. The molecule has 1 atom stereocenters. The molecule has 110 valence electrons. The van der Waals surface area contributed by atoms with E-state index in [2.05, 4.69) is 0 Å². The Labute approximate surface area is 120 Å². The van der Waals surface area contributed by atoms with Gasteiger partial charge in [0, 0.05) is 12.2 Å². The van der Waals surface area contributed by atoms with Crippen LogP contribution in [0.5, 0.6) is 0 Å². The van der Waals surface area contributed by atoms with Gasteiger partial charge in [-0.05, 0) is 53.0 Å². The second kappa shape index (κ2) is 4.90. The molecule has 0 radical (unpaired) electrons. The first kappa shape index (κ1) is 14.2. The molecule has 3 heterocycles. The minimum atomic E-state index is -0.433. The summed E-state index contributed by atoms with van der Waals surface area (Å²) in [6.45, 7) is 9.01. The van der Waals surface area contributed by atoms with Crippen LogP contribution >= 0.6 is 0 Å². The Morgan fingerprint density at radius 1 is 1.10 bits per heavy atom. The van der Waals surface area contributed by atoms with Gasteiger partial charge in [-0.15, -0.1) is 0 Å². The summed E-state index contributed by atoms with van der Waals surface area (Å²) in [4.78, 5) is 0. The summed E-state index contributed by atoms with van der Waals surface area (Å²) in [6, 6.07) is 2.01. The summed E-state index contributed by atoms with van der Waals surface area (Å²) >= 11 is 0. The molecule has 20 heavy (non-hydrogen) atoms. The first-order valence-electron chi connectivity index (χ1n) is 7.45. The van der Waals surface area contributed by atoms with Crippen LogP contribution in [0.25, 0.3) is 0 Å². The van der Waals surface area contributed by atoms with E-state index in [9.17, 15) is 0 Å². The highest BCUT2D eigenvalue weighted by molar-refractivity contribution is 6.60. The van der Waals surface area contributed by atoms with E-state index in [4.69, 9.17) is 18.5 Å². The molecule has 3 rings (SSSR count). The third-order valence-electron chi connectivity index (χ3n) is 4.68. The maximum atomic E-state index is 5.99. The standard InChI is InChI=1S/C15H23BO4/c1-14(2)15(3,4)20-16(19-14)13-9-11(10-18-13)12-7-5-6-8-17-12/h9-10,12H,5-8H2,1-4H3. The first-order valence-corrected chi connectivity index (χ1v) is 7.45. The number of hydrogen-bond acceptors (Lipinski definition) is 4. The number of furan rings is 1. The predicted octanol–water partition coefficient (Wildman–Crippen LogP) is 2.82. The van der Waals surface area contributed by atoms with E-state index in [0.717, 1.165) is 30.7 Å². The third-order valence-corrected chi connectivity index (χ3v) is 4.68. The number of ether oxygens (including phenoxy) is 1. The molecule has 1 unspecified atom stereocenters. The van der Waals surface area contributed by atoms with Crippen molar-refractivity contribution < 1.29 is 18.5 Å². The van der Waals surface area contributed by atoms with Crippen LogP contribution in [0.15, 0.2) is 16.7 Å². The van der Waals surface area contributed by atoms with Crippen molar-refractivity contribution in [2.24, 2.45) is 0 Å². The first-order chi connectivity index (χ1) is 9.39. The molecule has 2 aliphatic rings. The lowest BCUT2D eigenvalue weighted by Crippen LogP contribution is -2.41. The SMILES string of the molecule is CC1(C)OB(c2cc(C3CCCCO3)co2)OC1(C)C. The van der Waals surface area contributed by atoms with Crippen molar-refractivity contribution in [3.63, 3.8) is 0 Å². The fourth-order valence-corrected chi connectivity index (χ4v) is 2.62. The quantitative estimate of drug-likeness (QED) is 0.780. The average molecular weight is 278 g/mol. The van der Waals surface area contributed by atoms with E-state index in [0.29, 0.717) is 0 Å². The van der Waals surface area contributed by atoms with Crippen molar-refractivity contribution in [3.05, 3.63) is 17.9 Å². The van der Waals surface area contributed by atoms with Crippen LogP contribution in [-0.4, -0.2) is 24.9 Å². The van der Waals surface area contributed by atoms with Gasteiger partial charge < -0.3 is 18.5 Å². The van der Waals surface area contributed by atoms with Crippen molar-refractivity contribution in [1.29, 1.82) is 0 Å². The second-order valence-electron chi connectivity index (χ2n) is 6.73. The monoisotopic (exact) mass is 278 g/mol. The van der Waals surface area contributed by atoms with Crippen LogP contribution in [0, 0.1) is 0 Å². The van der Waals surface area contributed by atoms with Gasteiger partial charge in [-0.2, -0.15) is 0 Å². The van der Waals surface area contributed by atoms with E-state index >= 15 is 0 Å². The lowest BCUT2D eigenvalue weighted by atomic mass is 9.85. The van der Waals surface area contributed by atoms with Crippen molar-refractivity contribution in [2.45, 2.75) is 64.3 Å². The van der Waals surface area contributed by atoms with Crippen LogP contribution in [-0.2, 0) is 14.0 Å². The molecule has 0 aromatic carbocycles. The van der Waals surface area contributed by atoms with Crippen LogP contribution in [0.2, 0.25) is 0 Å². The summed E-state index contributed by atoms with van der Waals surface area (Å²) in [6.07, 6.45) is 5.35. The number of rotatable bonds is 2. The van der Waals surface area contributed by atoms with Gasteiger partial charge in [-0.25, -0.2) is 0 Å². The highest BCUT2D eigenvalue weighted by atomic mass is 16.7. The highest BCUT2D eigenvalue weighted by Gasteiger charge is 2.53. The lowest BCUT2D eigenvalue weighted by Gasteiger charge is -2.32. The van der Waals surface area contributed by atoms with Gasteiger partial charge in [-0.1, -0.05) is 0 Å². The molecular weight excluding hydrogens is 255 g/mol. The molecule has 0 saturated carbocycles. The Morgan fingerprint density at radius 2 is 1.80 bits per heavy atom. The smallest absolute Gasteiger partial charge is 0.473 e. The van der Waals surface area contributed by atoms with Crippen LogP contribution in [0.3, 0.4) is 0 Å². The van der Waals surface area contributed by atoms with Crippen LogP contribution < -0.4 is 5.66 Å². The molecule has 0 spiro atoms. The van der Waals surface area contributed by atoms with Crippen LogP contribution in [0.1, 0.15) is 58.6 Å². The molecule has 1 aromatic rings. The topological polar surface area (TPSA) is 40.8 Å². The summed E-state index contributed by atoms with van der Waals surface area (Å²) in [7, 11) is -0.433. The molecule has 0 bridgehead atoms. The highest BCUT2D eigenvalue weighted by Crippen LogP contribution is 2.37. The van der Waals surface area contributed by atoms with Crippen molar-refractivity contribution >= 4 is 12.8 Å². The fourth-order valence-electron chi connectivity index (χ4n) is 2.62. The van der Waals surface area contributed by atoms with E-state index in [1.807, 2.05) is 33.8 Å². The molecule has 0 N–H and O–H groups in total. The zero-order valence-corrected chi connectivity index (χ0v) is 12.8. The largest absolute Gasteiger partial charge is 0.532 e. The predicted molar refractivity (Wildman–Crippen MR) is 77.0 cm³/mol. The summed E-state index contributed by atoms with van der Waals surface area (Å²) < 4.78 is 23.4. The van der Waals surface area contributed by atoms with Gasteiger partial charge >= 0.3 is 7.12 Å². The van der Waals surface area contributed by atoms with E-state index in [1.165, 1.54) is 6.42 Å². The molecular formula is C15H23BO4. The van der Waals surface area contributed by atoms with Crippen molar-refractivity contribution in [3.8, 4) is 0 Å². The van der Waals surface area contributed by atoms with Gasteiger partial charge in [0.25, 0.3) is 0 Å². The fraction of sp³-hybridized carbons (Fsp3) is 0.733. The molecule has 4 nitrogen and oxygen atoms in total. The summed E-state index contributed by atoms with van der Waals surface area (Å²) in [5, 5.41) is 0. The van der Waals surface area contributed by atoms with E-state index in [1.54, 1.807) is 6.26 Å². The Bertz CT molecular complexity index is 458. The Morgan fingerprint density at radius 3 is 2.40 bits per heavy atom. The Balaban J connectivity index is 1.74. The lowest BCUT2D eigenvalue weighted by molar-refractivity contribution is 0.00578. The van der Waals surface area contributed by atoms with Gasteiger partial charge in [0.05, 0.1) is 23.6 Å². The summed E-state index contributed by atoms with van der Waals surface area (Å²) in [5.41, 5.74) is 1.14.